The van der Waals surface area contributed by atoms with Crippen molar-refractivity contribution < 1.29 is 4.79 Å². The van der Waals surface area contributed by atoms with Crippen molar-refractivity contribution in [3.8, 4) is 5.69 Å². The third-order valence-electron chi connectivity index (χ3n) is 4.17. The second-order valence-corrected chi connectivity index (χ2v) is 7.49. The summed E-state index contributed by atoms with van der Waals surface area (Å²) in [5.41, 5.74) is 3.32. The van der Waals surface area contributed by atoms with Crippen LogP contribution in [0.3, 0.4) is 0 Å². The van der Waals surface area contributed by atoms with Gasteiger partial charge in [0.15, 0.2) is 0 Å². The first-order valence-electron chi connectivity index (χ1n) is 8.52. The van der Waals surface area contributed by atoms with Crippen LogP contribution in [0.1, 0.15) is 39.0 Å². The van der Waals surface area contributed by atoms with E-state index in [-0.39, 0.29) is 5.91 Å². The topological polar surface area (TPSA) is 38.1 Å². The molecule has 0 spiro atoms. The number of para-hydroxylation sites is 1. The zero-order valence-electron chi connectivity index (χ0n) is 14.9. The van der Waals surface area contributed by atoms with Crippen molar-refractivity contribution in [3.63, 3.8) is 0 Å². The van der Waals surface area contributed by atoms with Crippen LogP contribution >= 0.6 is 11.3 Å². The van der Waals surface area contributed by atoms with Gasteiger partial charge in [-0.05, 0) is 37.1 Å². The van der Waals surface area contributed by atoms with Gasteiger partial charge in [0.2, 0.25) is 0 Å². The third-order valence-corrected chi connectivity index (χ3v) is 5.25. The fourth-order valence-corrected chi connectivity index (χ4v) is 3.91. The van der Waals surface area contributed by atoms with Gasteiger partial charge in [-0.1, -0.05) is 31.5 Å². The van der Waals surface area contributed by atoms with E-state index in [4.69, 9.17) is 0 Å². The zero-order valence-corrected chi connectivity index (χ0v) is 15.7. The van der Waals surface area contributed by atoms with E-state index in [0.29, 0.717) is 6.54 Å². The first-order chi connectivity index (χ1) is 12.1. The van der Waals surface area contributed by atoms with Crippen molar-refractivity contribution in [3.05, 3.63) is 69.7 Å². The van der Waals surface area contributed by atoms with Crippen molar-refractivity contribution in [2.75, 3.05) is 7.05 Å². The van der Waals surface area contributed by atoms with E-state index < -0.39 is 0 Å². The summed E-state index contributed by atoms with van der Waals surface area (Å²) in [6.07, 6.45) is 5.92. The Labute approximate surface area is 152 Å². The smallest absolute Gasteiger partial charge is 0.263 e. The summed E-state index contributed by atoms with van der Waals surface area (Å²) in [7, 11) is 1.84. The molecular formula is C20H23N3OS. The Morgan fingerprint density at radius 1 is 1.28 bits per heavy atom. The molecule has 0 bridgehead atoms. The first-order valence-corrected chi connectivity index (χ1v) is 9.34. The molecule has 2 heterocycles. The van der Waals surface area contributed by atoms with Crippen molar-refractivity contribution in [2.24, 2.45) is 0 Å². The highest BCUT2D eigenvalue weighted by molar-refractivity contribution is 7.14. The third kappa shape index (κ3) is 3.99. The number of aryl methyl sites for hydroxylation is 2. The second-order valence-electron chi connectivity index (χ2n) is 6.23. The molecule has 2 aromatic heterocycles. The van der Waals surface area contributed by atoms with Gasteiger partial charge in [-0.15, -0.1) is 11.3 Å². The van der Waals surface area contributed by atoms with Crippen LogP contribution < -0.4 is 0 Å². The highest BCUT2D eigenvalue weighted by Crippen LogP contribution is 2.24. The number of nitrogens with zero attached hydrogens (tertiary/aromatic N) is 3. The average molecular weight is 353 g/mol. The van der Waals surface area contributed by atoms with Crippen molar-refractivity contribution in [2.45, 2.75) is 33.2 Å². The minimum Gasteiger partial charge on any atom is -0.337 e. The van der Waals surface area contributed by atoms with Crippen LogP contribution in [0.15, 0.2) is 48.8 Å². The molecule has 3 rings (SSSR count). The molecule has 5 heteroatoms. The highest BCUT2D eigenvalue weighted by atomic mass is 32.1. The summed E-state index contributed by atoms with van der Waals surface area (Å²) in [5.74, 6) is 0.0721. The fourth-order valence-electron chi connectivity index (χ4n) is 2.84. The van der Waals surface area contributed by atoms with Crippen LogP contribution in [0.2, 0.25) is 0 Å². The number of rotatable bonds is 6. The van der Waals surface area contributed by atoms with E-state index >= 15 is 0 Å². The average Bonchev–Trinajstić information content (AvgIpc) is 3.23. The lowest BCUT2D eigenvalue weighted by Gasteiger charge is -2.14. The van der Waals surface area contributed by atoms with Gasteiger partial charge in [0.25, 0.3) is 5.91 Å². The predicted octanol–water partition coefficient (Wildman–Crippen LogP) is 4.47. The van der Waals surface area contributed by atoms with Gasteiger partial charge in [-0.2, -0.15) is 5.10 Å². The molecule has 0 aliphatic heterocycles. The minimum atomic E-state index is 0.0721. The van der Waals surface area contributed by atoms with Gasteiger partial charge in [0.05, 0.1) is 16.8 Å². The van der Waals surface area contributed by atoms with Crippen LogP contribution in [0.5, 0.6) is 0 Å². The molecule has 0 saturated carbocycles. The van der Waals surface area contributed by atoms with Crippen molar-refractivity contribution in [1.82, 2.24) is 14.7 Å². The van der Waals surface area contributed by atoms with Gasteiger partial charge >= 0.3 is 0 Å². The monoisotopic (exact) mass is 353 g/mol. The highest BCUT2D eigenvalue weighted by Gasteiger charge is 2.17. The summed E-state index contributed by atoms with van der Waals surface area (Å²) in [4.78, 5) is 16.5. The van der Waals surface area contributed by atoms with Crippen LogP contribution in [0.25, 0.3) is 5.69 Å². The molecular weight excluding hydrogens is 330 g/mol. The Morgan fingerprint density at radius 2 is 2.04 bits per heavy atom. The maximum atomic E-state index is 12.7. The van der Waals surface area contributed by atoms with Crippen LogP contribution in [0, 0.1) is 6.92 Å². The number of aromatic nitrogens is 2. The molecule has 0 aliphatic rings. The summed E-state index contributed by atoms with van der Waals surface area (Å²) < 4.78 is 1.84. The van der Waals surface area contributed by atoms with E-state index in [9.17, 15) is 4.79 Å². The van der Waals surface area contributed by atoms with Gasteiger partial charge in [-0.3, -0.25) is 4.79 Å². The molecule has 0 aliphatic carbocycles. The Kier molecular flexibility index (Phi) is 5.34. The summed E-state index contributed by atoms with van der Waals surface area (Å²) in [6, 6.07) is 12.0. The molecule has 0 radical (unpaired) electrons. The number of carbonyl (C=O) groups excluding carboxylic acids is 1. The summed E-state index contributed by atoms with van der Waals surface area (Å²) >= 11 is 1.59. The SMILES string of the molecule is CCCc1cc(C(=O)N(C)Cc2cnn(-c3ccccc3)c2)sc1C. The maximum absolute atomic E-state index is 12.7. The normalized spacial score (nSPS) is 10.8. The number of thiophene rings is 1. The van der Waals surface area contributed by atoms with Gasteiger partial charge in [0, 0.05) is 30.2 Å². The number of amides is 1. The van der Waals surface area contributed by atoms with Gasteiger partial charge in [-0.25, -0.2) is 4.68 Å². The molecule has 25 heavy (non-hydrogen) atoms. The minimum absolute atomic E-state index is 0.0721. The summed E-state index contributed by atoms with van der Waals surface area (Å²) in [5, 5.41) is 4.40. The molecule has 1 aromatic carbocycles. The molecule has 130 valence electrons. The van der Waals surface area contributed by atoms with Crippen LogP contribution in [-0.2, 0) is 13.0 Å². The molecule has 3 aromatic rings. The lowest BCUT2D eigenvalue weighted by molar-refractivity contribution is 0.0790. The standard InChI is InChI=1S/C20H23N3OS/c1-4-8-17-11-19(25-15(17)2)20(24)22(3)13-16-12-21-23(14-16)18-9-6-5-7-10-18/h5-7,9-12,14H,4,8,13H2,1-3H3. The molecule has 0 saturated heterocycles. The second kappa shape index (κ2) is 7.66. The van der Waals surface area contributed by atoms with Crippen molar-refractivity contribution >= 4 is 17.2 Å². The number of hydrogen-bond donors (Lipinski definition) is 0. The lowest BCUT2D eigenvalue weighted by atomic mass is 10.1. The molecule has 4 nitrogen and oxygen atoms in total. The van der Waals surface area contributed by atoms with Gasteiger partial charge < -0.3 is 4.90 Å². The predicted molar refractivity (Wildman–Crippen MR) is 102 cm³/mol. The number of carbonyl (C=O) groups is 1. The van der Waals surface area contributed by atoms with E-state index in [1.807, 2.05) is 54.5 Å². The molecule has 0 fully saturated rings. The largest absolute Gasteiger partial charge is 0.337 e. The molecule has 0 unspecified atom stereocenters. The van der Waals surface area contributed by atoms with Crippen LogP contribution in [0.4, 0.5) is 0 Å². The molecule has 1 amide bonds. The summed E-state index contributed by atoms with van der Waals surface area (Å²) in [6.45, 7) is 4.80. The van der Waals surface area contributed by atoms with Gasteiger partial charge in [0.1, 0.15) is 0 Å². The quantitative estimate of drug-likeness (QED) is 0.656. The number of hydrogen-bond acceptors (Lipinski definition) is 3. The van der Waals surface area contributed by atoms with Crippen LogP contribution in [-0.4, -0.2) is 27.6 Å². The van der Waals surface area contributed by atoms with Crippen molar-refractivity contribution in [1.29, 1.82) is 0 Å². The molecule has 0 N–H and O–H groups in total. The van der Waals surface area contributed by atoms with E-state index in [1.165, 1.54) is 10.4 Å². The van der Waals surface area contributed by atoms with E-state index in [1.54, 1.807) is 16.2 Å². The van der Waals surface area contributed by atoms with E-state index in [0.717, 1.165) is 29.0 Å². The zero-order chi connectivity index (χ0) is 17.8. The number of benzene rings is 1. The molecule has 0 atom stereocenters. The Balaban J connectivity index is 1.70. The Morgan fingerprint density at radius 3 is 2.76 bits per heavy atom. The fraction of sp³-hybridized carbons (Fsp3) is 0.300. The maximum Gasteiger partial charge on any atom is 0.263 e. The lowest BCUT2D eigenvalue weighted by Crippen LogP contribution is -2.25. The Hall–Kier alpha value is -2.40. The Bertz CT molecular complexity index is 851. The first kappa shape index (κ1) is 17.4. The van der Waals surface area contributed by atoms with E-state index in [2.05, 4.69) is 25.0 Å².